The molecule has 0 saturated carbocycles. The Labute approximate surface area is 123 Å². The topological polar surface area (TPSA) is 50.7 Å². The highest BCUT2D eigenvalue weighted by molar-refractivity contribution is 5.87. The summed E-state index contributed by atoms with van der Waals surface area (Å²) in [6.45, 7) is 0. The van der Waals surface area contributed by atoms with E-state index in [2.05, 4.69) is 51.1 Å². The SMILES string of the molecule is C(=C(Nc1ccnnn1)c1ccccc1)c1ccccc1. The highest BCUT2D eigenvalue weighted by Gasteiger charge is 2.03. The van der Waals surface area contributed by atoms with Crippen molar-refractivity contribution >= 4 is 17.6 Å². The summed E-state index contributed by atoms with van der Waals surface area (Å²) in [7, 11) is 0. The van der Waals surface area contributed by atoms with Crippen molar-refractivity contribution in [3.05, 3.63) is 84.1 Å². The Morgan fingerprint density at radius 2 is 1.57 bits per heavy atom. The van der Waals surface area contributed by atoms with Crippen molar-refractivity contribution in [1.29, 1.82) is 0 Å². The number of aromatic nitrogens is 3. The molecule has 3 aromatic rings. The molecule has 0 unspecified atom stereocenters. The summed E-state index contributed by atoms with van der Waals surface area (Å²) < 4.78 is 0. The molecule has 1 N–H and O–H groups in total. The quantitative estimate of drug-likeness (QED) is 0.740. The number of hydrogen-bond donors (Lipinski definition) is 1. The molecule has 21 heavy (non-hydrogen) atoms. The molecular formula is C17H14N4. The zero-order valence-corrected chi connectivity index (χ0v) is 11.3. The van der Waals surface area contributed by atoms with Crippen LogP contribution in [0.4, 0.5) is 5.82 Å². The molecule has 2 aromatic carbocycles. The second-order valence-corrected chi connectivity index (χ2v) is 4.47. The highest BCUT2D eigenvalue weighted by atomic mass is 15.3. The average molecular weight is 274 g/mol. The van der Waals surface area contributed by atoms with E-state index in [1.54, 1.807) is 12.3 Å². The molecule has 0 saturated heterocycles. The monoisotopic (exact) mass is 274 g/mol. The number of rotatable bonds is 4. The van der Waals surface area contributed by atoms with E-state index >= 15 is 0 Å². The normalized spacial score (nSPS) is 11.1. The predicted octanol–water partition coefficient (Wildman–Crippen LogP) is 3.48. The van der Waals surface area contributed by atoms with Gasteiger partial charge in [0.1, 0.15) is 0 Å². The Hall–Kier alpha value is -3.01. The third kappa shape index (κ3) is 3.51. The van der Waals surface area contributed by atoms with Gasteiger partial charge in [-0.2, -0.15) is 0 Å². The third-order valence-electron chi connectivity index (χ3n) is 2.96. The first-order valence-electron chi connectivity index (χ1n) is 6.65. The summed E-state index contributed by atoms with van der Waals surface area (Å²) >= 11 is 0. The molecule has 0 aliphatic heterocycles. The Balaban J connectivity index is 1.97. The molecule has 0 spiro atoms. The second-order valence-electron chi connectivity index (χ2n) is 4.47. The summed E-state index contributed by atoms with van der Waals surface area (Å²) in [6, 6.07) is 22.0. The number of nitrogens with zero attached hydrogens (tertiary/aromatic N) is 3. The maximum atomic E-state index is 3.97. The first-order chi connectivity index (χ1) is 10.4. The van der Waals surface area contributed by atoms with E-state index in [1.807, 2.05) is 36.4 Å². The predicted molar refractivity (Wildman–Crippen MR) is 84.2 cm³/mol. The summed E-state index contributed by atoms with van der Waals surface area (Å²) in [4.78, 5) is 0. The molecule has 1 heterocycles. The van der Waals surface area contributed by atoms with Gasteiger partial charge >= 0.3 is 0 Å². The van der Waals surface area contributed by atoms with Crippen LogP contribution in [0.25, 0.3) is 11.8 Å². The molecule has 0 amide bonds. The minimum Gasteiger partial charge on any atom is -0.338 e. The van der Waals surface area contributed by atoms with Gasteiger partial charge in [0.25, 0.3) is 0 Å². The van der Waals surface area contributed by atoms with Crippen molar-refractivity contribution in [3.8, 4) is 0 Å². The molecule has 0 bridgehead atoms. The van der Waals surface area contributed by atoms with Gasteiger partial charge in [0.05, 0.1) is 6.20 Å². The van der Waals surface area contributed by atoms with Crippen LogP contribution in [0.1, 0.15) is 11.1 Å². The molecule has 0 radical (unpaired) electrons. The van der Waals surface area contributed by atoms with Crippen LogP contribution in [0.2, 0.25) is 0 Å². The van der Waals surface area contributed by atoms with Crippen LogP contribution in [0.5, 0.6) is 0 Å². The van der Waals surface area contributed by atoms with Crippen LogP contribution >= 0.6 is 0 Å². The molecule has 0 fully saturated rings. The molecule has 4 heteroatoms. The van der Waals surface area contributed by atoms with Crippen molar-refractivity contribution in [2.45, 2.75) is 0 Å². The number of benzene rings is 2. The Morgan fingerprint density at radius 1 is 0.857 bits per heavy atom. The van der Waals surface area contributed by atoms with E-state index in [9.17, 15) is 0 Å². The Morgan fingerprint density at radius 3 is 2.24 bits per heavy atom. The van der Waals surface area contributed by atoms with Gasteiger partial charge in [-0.1, -0.05) is 60.7 Å². The smallest absolute Gasteiger partial charge is 0.156 e. The molecular weight excluding hydrogens is 260 g/mol. The maximum Gasteiger partial charge on any atom is 0.156 e. The third-order valence-corrected chi connectivity index (χ3v) is 2.96. The van der Waals surface area contributed by atoms with E-state index in [1.165, 1.54) is 0 Å². The fraction of sp³-hybridized carbons (Fsp3) is 0. The molecule has 102 valence electrons. The average Bonchev–Trinajstić information content (AvgIpc) is 2.57. The number of anilines is 1. The van der Waals surface area contributed by atoms with Crippen LogP contribution in [-0.4, -0.2) is 15.4 Å². The molecule has 3 rings (SSSR count). The summed E-state index contributed by atoms with van der Waals surface area (Å²) in [5.74, 6) is 0.663. The zero-order valence-electron chi connectivity index (χ0n) is 11.3. The number of nitrogens with one attached hydrogen (secondary N) is 1. The lowest BCUT2D eigenvalue weighted by atomic mass is 10.1. The summed E-state index contributed by atoms with van der Waals surface area (Å²) in [5.41, 5.74) is 3.16. The van der Waals surface area contributed by atoms with Crippen molar-refractivity contribution in [2.24, 2.45) is 0 Å². The van der Waals surface area contributed by atoms with E-state index in [0.29, 0.717) is 5.82 Å². The molecule has 0 aliphatic carbocycles. The lowest BCUT2D eigenvalue weighted by Crippen LogP contribution is -2.02. The van der Waals surface area contributed by atoms with Gasteiger partial charge in [0.2, 0.25) is 0 Å². The van der Waals surface area contributed by atoms with E-state index in [0.717, 1.165) is 16.8 Å². The standard InChI is InChI=1S/C17H14N4/c1-3-7-14(8-4-1)13-16(15-9-5-2-6-10-15)19-17-11-12-18-21-20-17/h1-13H,(H,18,19,20). The Bertz CT molecular complexity index is 710. The van der Waals surface area contributed by atoms with Crippen LogP contribution < -0.4 is 5.32 Å². The van der Waals surface area contributed by atoms with Crippen molar-refractivity contribution in [3.63, 3.8) is 0 Å². The molecule has 0 aliphatic rings. The zero-order chi connectivity index (χ0) is 14.3. The Kier molecular flexibility index (Phi) is 3.98. The van der Waals surface area contributed by atoms with Crippen LogP contribution in [0.15, 0.2) is 72.9 Å². The van der Waals surface area contributed by atoms with Gasteiger partial charge in [-0.25, -0.2) is 0 Å². The van der Waals surface area contributed by atoms with Gasteiger partial charge in [0.15, 0.2) is 5.82 Å². The van der Waals surface area contributed by atoms with Crippen molar-refractivity contribution in [1.82, 2.24) is 15.4 Å². The largest absolute Gasteiger partial charge is 0.338 e. The first-order valence-corrected chi connectivity index (χ1v) is 6.65. The minimum atomic E-state index is 0.663. The van der Waals surface area contributed by atoms with Gasteiger partial charge in [0, 0.05) is 11.8 Å². The van der Waals surface area contributed by atoms with Crippen LogP contribution in [0, 0.1) is 0 Å². The highest BCUT2D eigenvalue weighted by Crippen LogP contribution is 2.19. The summed E-state index contributed by atoms with van der Waals surface area (Å²) in [6.07, 6.45) is 3.69. The first kappa shape index (κ1) is 13.0. The van der Waals surface area contributed by atoms with E-state index in [-0.39, 0.29) is 0 Å². The molecule has 0 atom stereocenters. The van der Waals surface area contributed by atoms with Crippen molar-refractivity contribution < 1.29 is 0 Å². The maximum absolute atomic E-state index is 3.97. The van der Waals surface area contributed by atoms with Gasteiger partial charge in [-0.3, -0.25) is 0 Å². The van der Waals surface area contributed by atoms with E-state index < -0.39 is 0 Å². The lowest BCUT2D eigenvalue weighted by molar-refractivity contribution is 0.871. The fourth-order valence-corrected chi connectivity index (χ4v) is 1.97. The van der Waals surface area contributed by atoms with Gasteiger partial charge in [-0.05, 0) is 22.4 Å². The van der Waals surface area contributed by atoms with Gasteiger partial charge in [-0.15, -0.1) is 10.2 Å². The molecule has 4 nitrogen and oxygen atoms in total. The molecule has 1 aromatic heterocycles. The van der Waals surface area contributed by atoms with Gasteiger partial charge < -0.3 is 5.32 Å². The lowest BCUT2D eigenvalue weighted by Gasteiger charge is -2.10. The van der Waals surface area contributed by atoms with E-state index in [4.69, 9.17) is 0 Å². The minimum absolute atomic E-state index is 0.663. The summed E-state index contributed by atoms with van der Waals surface area (Å²) in [5, 5.41) is 14.6. The fourth-order valence-electron chi connectivity index (χ4n) is 1.97. The number of hydrogen-bond acceptors (Lipinski definition) is 4. The van der Waals surface area contributed by atoms with Crippen LogP contribution in [-0.2, 0) is 0 Å². The van der Waals surface area contributed by atoms with Crippen LogP contribution in [0.3, 0.4) is 0 Å². The van der Waals surface area contributed by atoms with Crippen molar-refractivity contribution in [2.75, 3.05) is 5.32 Å². The second kappa shape index (κ2) is 6.43.